The first-order chi connectivity index (χ1) is 8.08. The second-order valence-electron chi connectivity index (χ2n) is 3.43. The summed E-state index contributed by atoms with van der Waals surface area (Å²) in [5.41, 5.74) is 0.167. The minimum Gasteiger partial charge on any atom is -0.293 e. The summed E-state index contributed by atoms with van der Waals surface area (Å²) in [5.74, 6) is -1.64. The maximum absolute atomic E-state index is 13.3. The smallest absolute Gasteiger partial charge is 0.178 e. The Morgan fingerprint density at radius 1 is 1.29 bits per heavy atom. The number of carbonyl (C=O) groups excluding carboxylic acids is 1. The summed E-state index contributed by atoms with van der Waals surface area (Å²) in [7, 11) is 0. The van der Waals surface area contributed by atoms with Crippen LogP contribution in [0.5, 0.6) is 0 Å². The number of ketones is 1. The molecule has 0 saturated heterocycles. The van der Waals surface area contributed by atoms with Crippen molar-refractivity contribution in [2.24, 2.45) is 0 Å². The van der Waals surface area contributed by atoms with Crippen LogP contribution in [0.15, 0.2) is 29.6 Å². The van der Waals surface area contributed by atoms with Crippen LogP contribution < -0.4 is 0 Å². The Morgan fingerprint density at radius 3 is 2.65 bits per heavy atom. The van der Waals surface area contributed by atoms with Gasteiger partial charge in [-0.25, -0.2) is 8.78 Å². The van der Waals surface area contributed by atoms with Gasteiger partial charge in [0.1, 0.15) is 11.6 Å². The molecule has 0 atom stereocenters. The Morgan fingerprint density at radius 2 is 2.06 bits per heavy atom. The van der Waals surface area contributed by atoms with Crippen LogP contribution in [0.3, 0.4) is 0 Å². The van der Waals surface area contributed by atoms with Crippen molar-refractivity contribution in [1.29, 1.82) is 0 Å². The number of thiophene rings is 1. The molecular weight excluding hydrogens is 266 g/mol. The van der Waals surface area contributed by atoms with Crippen molar-refractivity contribution in [3.63, 3.8) is 0 Å². The molecule has 0 N–H and O–H groups in total. The quantitative estimate of drug-likeness (QED) is 0.769. The summed E-state index contributed by atoms with van der Waals surface area (Å²) >= 11 is 7.01. The number of benzene rings is 1. The average molecular weight is 273 g/mol. The summed E-state index contributed by atoms with van der Waals surface area (Å²) < 4.78 is 26.0. The van der Waals surface area contributed by atoms with Crippen LogP contribution in [0.1, 0.15) is 15.2 Å². The Kier molecular flexibility index (Phi) is 3.54. The Balaban J connectivity index is 2.22. The number of hydrogen-bond donors (Lipinski definition) is 0. The SMILES string of the molecule is O=C(Cc1ccc(F)cc1F)c1sccc1Cl. The van der Waals surface area contributed by atoms with Gasteiger partial charge in [0.15, 0.2) is 5.78 Å². The molecule has 0 radical (unpaired) electrons. The molecular formula is C12H7ClF2OS. The van der Waals surface area contributed by atoms with Crippen LogP contribution >= 0.6 is 22.9 Å². The zero-order valence-electron chi connectivity index (χ0n) is 8.54. The molecule has 17 heavy (non-hydrogen) atoms. The summed E-state index contributed by atoms with van der Waals surface area (Å²) in [5, 5.41) is 2.05. The topological polar surface area (TPSA) is 17.1 Å². The fourth-order valence-electron chi connectivity index (χ4n) is 1.41. The summed E-state index contributed by atoms with van der Waals surface area (Å²) in [6.07, 6.45) is -0.119. The predicted octanol–water partition coefficient (Wildman–Crippen LogP) is 4.11. The lowest BCUT2D eigenvalue weighted by atomic mass is 10.1. The lowest BCUT2D eigenvalue weighted by molar-refractivity contribution is 0.0996. The molecule has 2 aromatic rings. The van der Waals surface area contributed by atoms with Crippen LogP contribution in [0.25, 0.3) is 0 Å². The third kappa shape index (κ3) is 2.70. The first kappa shape index (κ1) is 12.2. The molecule has 0 fully saturated rings. The van der Waals surface area contributed by atoms with Crippen molar-refractivity contribution in [2.75, 3.05) is 0 Å². The van der Waals surface area contributed by atoms with Crippen molar-refractivity contribution in [3.05, 3.63) is 56.7 Å². The van der Waals surface area contributed by atoms with Gasteiger partial charge in [0.2, 0.25) is 0 Å². The monoisotopic (exact) mass is 272 g/mol. The van der Waals surface area contributed by atoms with Crippen molar-refractivity contribution in [2.45, 2.75) is 6.42 Å². The van der Waals surface area contributed by atoms with E-state index in [1.165, 1.54) is 17.4 Å². The highest BCUT2D eigenvalue weighted by molar-refractivity contribution is 7.12. The Hall–Kier alpha value is -1.26. The van der Waals surface area contributed by atoms with E-state index in [0.717, 1.165) is 12.1 Å². The summed E-state index contributed by atoms with van der Waals surface area (Å²) in [6.45, 7) is 0. The molecule has 88 valence electrons. The molecule has 0 spiro atoms. The van der Waals surface area contributed by atoms with E-state index < -0.39 is 11.6 Å². The van der Waals surface area contributed by atoms with E-state index in [4.69, 9.17) is 11.6 Å². The summed E-state index contributed by atoms with van der Waals surface area (Å²) in [4.78, 5) is 12.2. The van der Waals surface area contributed by atoms with E-state index in [9.17, 15) is 13.6 Å². The highest BCUT2D eigenvalue weighted by Gasteiger charge is 2.15. The average Bonchev–Trinajstić information content (AvgIpc) is 2.68. The molecule has 0 aliphatic rings. The zero-order chi connectivity index (χ0) is 12.4. The van der Waals surface area contributed by atoms with E-state index in [2.05, 4.69) is 0 Å². The fourth-order valence-corrected chi connectivity index (χ4v) is 2.51. The largest absolute Gasteiger partial charge is 0.293 e. The van der Waals surface area contributed by atoms with E-state index >= 15 is 0 Å². The maximum atomic E-state index is 13.3. The van der Waals surface area contributed by atoms with Crippen LogP contribution in [0, 0.1) is 11.6 Å². The lowest BCUT2D eigenvalue weighted by Gasteiger charge is -2.02. The van der Waals surface area contributed by atoms with Crippen molar-refractivity contribution in [1.82, 2.24) is 0 Å². The molecule has 5 heteroatoms. The van der Waals surface area contributed by atoms with Crippen LogP contribution in [0.2, 0.25) is 5.02 Å². The van der Waals surface area contributed by atoms with E-state index in [0.29, 0.717) is 9.90 Å². The molecule has 0 aliphatic carbocycles. The number of Topliss-reactive ketones (excluding diaryl/α,β-unsaturated/α-hetero) is 1. The van der Waals surface area contributed by atoms with Crippen molar-refractivity contribution >= 4 is 28.7 Å². The molecule has 0 aliphatic heterocycles. The fraction of sp³-hybridized carbons (Fsp3) is 0.0833. The third-order valence-corrected chi connectivity index (χ3v) is 3.62. The molecule has 1 heterocycles. The van der Waals surface area contributed by atoms with Gasteiger partial charge in [0.05, 0.1) is 9.90 Å². The number of rotatable bonds is 3. The van der Waals surface area contributed by atoms with Gasteiger partial charge in [-0.3, -0.25) is 4.79 Å². The van der Waals surface area contributed by atoms with Crippen LogP contribution in [-0.2, 0) is 6.42 Å². The van der Waals surface area contributed by atoms with Gasteiger partial charge in [-0.1, -0.05) is 17.7 Å². The third-order valence-electron chi connectivity index (χ3n) is 2.24. The molecule has 0 unspecified atom stereocenters. The summed E-state index contributed by atoms with van der Waals surface area (Å²) in [6, 6.07) is 4.77. The van der Waals surface area contributed by atoms with E-state index in [1.807, 2.05) is 0 Å². The lowest BCUT2D eigenvalue weighted by Crippen LogP contribution is -2.04. The molecule has 0 bridgehead atoms. The van der Waals surface area contributed by atoms with Crippen LogP contribution in [0.4, 0.5) is 8.78 Å². The molecule has 1 aromatic carbocycles. The van der Waals surface area contributed by atoms with Crippen molar-refractivity contribution < 1.29 is 13.6 Å². The second-order valence-corrected chi connectivity index (χ2v) is 4.76. The second kappa shape index (κ2) is 4.94. The van der Waals surface area contributed by atoms with E-state index in [1.54, 1.807) is 11.4 Å². The zero-order valence-corrected chi connectivity index (χ0v) is 10.1. The van der Waals surface area contributed by atoms with Gasteiger partial charge in [-0.05, 0) is 23.1 Å². The number of hydrogen-bond acceptors (Lipinski definition) is 2. The molecule has 2 rings (SSSR count). The van der Waals surface area contributed by atoms with Crippen molar-refractivity contribution in [3.8, 4) is 0 Å². The molecule has 0 amide bonds. The predicted molar refractivity (Wildman–Crippen MR) is 63.7 cm³/mol. The molecule has 1 aromatic heterocycles. The Labute approximate surface area is 106 Å². The Bertz CT molecular complexity index is 565. The van der Waals surface area contributed by atoms with Gasteiger partial charge >= 0.3 is 0 Å². The number of halogens is 3. The van der Waals surface area contributed by atoms with Crippen LogP contribution in [-0.4, -0.2) is 5.78 Å². The van der Waals surface area contributed by atoms with Gasteiger partial charge in [-0.15, -0.1) is 11.3 Å². The molecule has 1 nitrogen and oxygen atoms in total. The van der Waals surface area contributed by atoms with E-state index in [-0.39, 0.29) is 17.8 Å². The van der Waals surface area contributed by atoms with Gasteiger partial charge in [-0.2, -0.15) is 0 Å². The standard InChI is InChI=1S/C12H7ClF2OS/c13-9-3-4-17-12(9)11(16)5-7-1-2-8(14)6-10(7)15/h1-4,6H,5H2. The first-order valence-corrected chi connectivity index (χ1v) is 6.04. The highest BCUT2D eigenvalue weighted by Crippen LogP contribution is 2.24. The number of carbonyl (C=O) groups is 1. The van der Waals surface area contributed by atoms with Gasteiger partial charge < -0.3 is 0 Å². The first-order valence-electron chi connectivity index (χ1n) is 4.78. The maximum Gasteiger partial charge on any atom is 0.178 e. The minimum atomic E-state index is -0.717. The normalized spacial score (nSPS) is 10.5. The minimum absolute atomic E-state index is 0.119. The van der Waals surface area contributed by atoms with Gasteiger partial charge in [0.25, 0.3) is 0 Å². The molecule has 0 saturated carbocycles. The van der Waals surface area contributed by atoms with Gasteiger partial charge in [0, 0.05) is 12.5 Å². The highest BCUT2D eigenvalue weighted by atomic mass is 35.5.